The normalized spacial score (nSPS) is 15.7. The Morgan fingerprint density at radius 3 is 2.76 bits per heavy atom. The lowest BCUT2D eigenvalue weighted by atomic mass is 10.0. The van der Waals surface area contributed by atoms with Crippen LogP contribution in [0, 0.1) is 11.8 Å². The van der Waals surface area contributed by atoms with E-state index in [-0.39, 0.29) is 6.61 Å². The van der Waals surface area contributed by atoms with Crippen LogP contribution in [0.1, 0.15) is 36.8 Å². The van der Waals surface area contributed by atoms with Crippen molar-refractivity contribution >= 4 is 12.2 Å². The second kappa shape index (κ2) is 8.12. The lowest BCUT2D eigenvalue weighted by molar-refractivity contribution is 0.0206. The maximum atomic E-state index is 5.97. The summed E-state index contributed by atoms with van der Waals surface area (Å²) in [6.45, 7) is 10.5. The summed E-state index contributed by atoms with van der Waals surface area (Å²) < 4.78 is 18.6. The van der Waals surface area contributed by atoms with Crippen molar-refractivity contribution in [3.05, 3.63) is 40.1 Å². The Kier molecular flexibility index (Phi) is 5.88. The zero-order chi connectivity index (χ0) is 17.8. The van der Waals surface area contributed by atoms with Gasteiger partial charge in [-0.25, -0.2) is 4.68 Å². The van der Waals surface area contributed by atoms with E-state index in [9.17, 15) is 0 Å². The molecule has 1 saturated heterocycles. The van der Waals surface area contributed by atoms with Gasteiger partial charge in [0.2, 0.25) is 0 Å². The van der Waals surface area contributed by atoms with Crippen molar-refractivity contribution in [2.24, 2.45) is 0 Å². The standard InChI is InChI=1S/C18H25N3O3S/c1-13(2)15-5-4-14(3)10-16(15)23-11-17-19-21(18(25)24-17)12-20-6-8-22-9-7-20/h4-5,10,13H,6-9,11-12H2,1-3H3. The lowest BCUT2D eigenvalue weighted by Crippen LogP contribution is -2.37. The van der Waals surface area contributed by atoms with Crippen molar-refractivity contribution in [1.82, 2.24) is 14.7 Å². The Balaban J connectivity index is 1.67. The molecule has 0 amide bonds. The molecule has 1 aliphatic rings. The van der Waals surface area contributed by atoms with E-state index in [0.717, 1.165) is 37.6 Å². The van der Waals surface area contributed by atoms with Gasteiger partial charge >= 0.3 is 0 Å². The molecule has 0 bridgehead atoms. The minimum atomic E-state index is 0.267. The maximum absolute atomic E-state index is 5.97. The number of benzene rings is 1. The molecular weight excluding hydrogens is 338 g/mol. The number of rotatable bonds is 6. The van der Waals surface area contributed by atoms with Crippen LogP contribution in [0.4, 0.5) is 0 Å². The lowest BCUT2D eigenvalue weighted by Gasteiger charge is -2.25. The summed E-state index contributed by atoms with van der Waals surface area (Å²) in [4.78, 5) is 2.61. The molecule has 25 heavy (non-hydrogen) atoms. The third-order valence-corrected chi connectivity index (χ3v) is 4.52. The largest absolute Gasteiger partial charge is 0.484 e. The van der Waals surface area contributed by atoms with Gasteiger partial charge in [-0.3, -0.25) is 4.90 Å². The van der Waals surface area contributed by atoms with Crippen LogP contribution in [0.2, 0.25) is 0 Å². The summed E-state index contributed by atoms with van der Waals surface area (Å²) in [5, 5.41) is 4.45. The number of aromatic nitrogens is 2. The number of hydrogen-bond donors (Lipinski definition) is 0. The minimum absolute atomic E-state index is 0.267. The molecule has 3 rings (SSSR count). The summed E-state index contributed by atoms with van der Waals surface area (Å²) in [6, 6.07) is 6.27. The molecule has 2 heterocycles. The number of aryl methyl sites for hydroxylation is 1. The van der Waals surface area contributed by atoms with E-state index < -0.39 is 0 Å². The predicted octanol–water partition coefficient (Wildman–Crippen LogP) is 3.51. The highest BCUT2D eigenvalue weighted by atomic mass is 32.1. The molecule has 1 fully saturated rings. The van der Waals surface area contributed by atoms with E-state index in [1.807, 2.05) is 0 Å². The molecule has 0 N–H and O–H groups in total. The third kappa shape index (κ3) is 4.68. The predicted molar refractivity (Wildman–Crippen MR) is 97.3 cm³/mol. The van der Waals surface area contributed by atoms with Crippen molar-refractivity contribution in [1.29, 1.82) is 0 Å². The first-order valence-electron chi connectivity index (χ1n) is 8.63. The van der Waals surface area contributed by atoms with E-state index in [1.165, 1.54) is 5.56 Å². The molecule has 1 aromatic carbocycles. The SMILES string of the molecule is Cc1ccc(C(C)C)c(OCc2nn(CN3CCOCC3)c(=S)o2)c1. The van der Waals surface area contributed by atoms with Gasteiger partial charge in [0.25, 0.3) is 10.7 Å². The summed E-state index contributed by atoms with van der Waals surface area (Å²) in [5.74, 6) is 1.76. The first kappa shape index (κ1) is 18.1. The summed E-state index contributed by atoms with van der Waals surface area (Å²) in [7, 11) is 0. The fourth-order valence-electron chi connectivity index (χ4n) is 2.81. The molecule has 0 saturated carbocycles. The summed E-state index contributed by atoms with van der Waals surface area (Å²) in [5.41, 5.74) is 2.34. The van der Waals surface area contributed by atoms with Crippen LogP contribution in [0.5, 0.6) is 5.75 Å². The van der Waals surface area contributed by atoms with Crippen LogP contribution in [0.25, 0.3) is 0 Å². The van der Waals surface area contributed by atoms with Crippen LogP contribution in [0.15, 0.2) is 22.6 Å². The number of nitrogens with zero attached hydrogens (tertiary/aromatic N) is 3. The van der Waals surface area contributed by atoms with Gasteiger partial charge in [-0.2, -0.15) is 0 Å². The molecule has 2 aromatic rings. The Morgan fingerprint density at radius 2 is 2.04 bits per heavy atom. The van der Waals surface area contributed by atoms with Gasteiger partial charge in [0.05, 0.1) is 19.9 Å². The zero-order valence-electron chi connectivity index (χ0n) is 15.0. The molecule has 7 heteroatoms. The topological polar surface area (TPSA) is 52.7 Å². The molecule has 0 spiro atoms. The first-order valence-corrected chi connectivity index (χ1v) is 9.04. The number of morpholine rings is 1. The number of ether oxygens (including phenoxy) is 2. The fourth-order valence-corrected chi connectivity index (χ4v) is 3.01. The van der Waals surface area contributed by atoms with Gasteiger partial charge in [-0.1, -0.05) is 26.0 Å². The molecule has 1 aromatic heterocycles. The number of hydrogen-bond acceptors (Lipinski definition) is 6. The van der Waals surface area contributed by atoms with Crippen LogP contribution >= 0.6 is 12.2 Å². The van der Waals surface area contributed by atoms with Crippen molar-refractivity contribution in [3.8, 4) is 5.75 Å². The molecule has 0 atom stereocenters. The summed E-state index contributed by atoms with van der Waals surface area (Å²) >= 11 is 5.28. The summed E-state index contributed by atoms with van der Waals surface area (Å²) in [6.07, 6.45) is 0. The van der Waals surface area contributed by atoms with E-state index in [0.29, 0.717) is 23.3 Å². The second-order valence-corrected chi connectivity index (χ2v) is 6.97. The first-order chi connectivity index (χ1) is 12.0. The molecule has 0 unspecified atom stereocenters. The van der Waals surface area contributed by atoms with Crippen LogP contribution in [-0.4, -0.2) is 41.0 Å². The van der Waals surface area contributed by atoms with Crippen LogP contribution in [0.3, 0.4) is 0 Å². The van der Waals surface area contributed by atoms with Gasteiger partial charge in [-0.15, -0.1) is 5.10 Å². The Labute approximate surface area is 153 Å². The second-order valence-electron chi connectivity index (χ2n) is 6.62. The molecule has 6 nitrogen and oxygen atoms in total. The third-order valence-electron chi connectivity index (χ3n) is 4.23. The van der Waals surface area contributed by atoms with Crippen LogP contribution < -0.4 is 4.74 Å². The van der Waals surface area contributed by atoms with E-state index in [2.05, 4.69) is 49.0 Å². The van der Waals surface area contributed by atoms with Gasteiger partial charge in [-0.05, 0) is 42.3 Å². The van der Waals surface area contributed by atoms with E-state index in [1.54, 1.807) is 4.68 Å². The van der Waals surface area contributed by atoms with Gasteiger partial charge < -0.3 is 13.9 Å². The van der Waals surface area contributed by atoms with Gasteiger partial charge in [0.1, 0.15) is 5.75 Å². The molecule has 136 valence electrons. The zero-order valence-corrected chi connectivity index (χ0v) is 15.8. The highest BCUT2D eigenvalue weighted by molar-refractivity contribution is 7.71. The average molecular weight is 363 g/mol. The van der Waals surface area contributed by atoms with Crippen molar-refractivity contribution in [3.63, 3.8) is 0 Å². The Bertz CT molecular complexity index is 763. The Morgan fingerprint density at radius 1 is 1.28 bits per heavy atom. The fraction of sp³-hybridized carbons (Fsp3) is 0.556. The van der Waals surface area contributed by atoms with Crippen molar-refractivity contribution in [2.75, 3.05) is 26.3 Å². The average Bonchev–Trinajstić information content (AvgIpc) is 2.93. The van der Waals surface area contributed by atoms with Gasteiger partial charge in [0.15, 0.2) is 6.61 Å². The minimum Gasteiger partial charge on any atom is -0.484 e. The van der Waals surface area contributed by atoms with Crippen molar-refractivity contribution in [2.45, 2.75) is 40.0 Å². The molecule has 1 aliphatic heterocycles. The van der Waals surface area contributed by atoms with Crippen molar-refractivity contribution < 1.29 is 13.9 Å². The smallest absolute Gasteiger partial charge is 0.288 e. The monoisotopic (exact) mass is 363 g/mol. The quantitative estimate of drug-likeness (QED) is 0.732. The molecule has 0 radical (unpaired) electrons. The Hall–Kier alpha value is -1.70. The van der Waals surface area contributed by atoms with Gasteiger partial charge in [0, 0.05) is 13.1 Å². The van der Waals surface area contributed by atoms with E-state index in [4.69, 9.17) is 26.1 Å². The molecule has 0 aliphatic carbocycles. The highest BCUT2D eigenvalue weighted by Gasteiger charge is 2.15. The van der Waals surface area contributed by atoms with Crippen LogP contribution in [-0.2, 0) is 18.0 Å². The highest BCUT2D eigenvalue weighted by Crippen LogP contribution is 2.28. The van der Waals surface area contributed by atoms with E-state index >= 15 is 0 Å². The maximum Gasteiger partial charge on any atom is 0.288 e. The molecular formula is C18H25N3O3S.